The molecule has 1 saturated carbocycles. The summed E-state index contributed by atoms with van der Waals surface area (Å²) in [6.45, 7) is 4.38. The second kappa shape index (κ2) is 7.66. The Hall–Kier alpha value is -0.0500. The van der Waals surface area contributed by atoms with E-state index in [1.165, 1.54) is 37.7 Å². The van der Waals surface area contributed by atoms with Gasteiger partial charge in [0.25, 0.3) is 0 Å². The monoisotopic (exact) mass is 343 g/mol. The van der Waals surface area contributed by atoms with Gasteiger partial charge in [0, 0.05) is 11.0 Å². The van der Waals surface area contributed by atoms with Crippen LogP contribution in [0.15, 0.2) is 22.7 Å². The summed E-state index contributed by atoms with van der Waals surface area (Å²) < 4.78 is 0.968. The van der Waals surface area contributed by atoms with Crippen LogP contribution in [0.25, 0.3) is 0 Å². The van der Waals surface area contributed by atoms with Crippen molar-refractivity contribution in [2.75, 3.05) is 6.54 Å². The number of hydrogen-bond acceptors (Lipinski definition) is 1. The van der Waals surface area contributed by atoms with Crippen LogP contribution in [0.3, 0.4) is 0 Å². The lowest BCUT2D eigenvalue weighted by Gasteiger charge is -2.27. The van der Waals surface area contributed by atoms with Crippen molar-refractivity contribution in [1.82, 2.24) is 5.32 Å². The van der Waals surface area contributed by atoms with Crippen LogP contribution in [0.4, 0.5) is 0 Å². The molecule has 106 valence electrons. The molecule has 0 heterocycles. The Morgan fingerprint density at radius 2 is 1.89 bits per heavy atom. The maximum atomic E-state index is 6.10. The topological polar surface area (TPSA) is 12.0 Å². The average Bonchev–Trinajstić information content (AvgIpc) is 2.43. The Morgan fingerprint density at radius 1 is 1.21 bits per heavy atom. The Balaban J connectivity index is 1.70. The molecule has 0 unspecified atom stereocenters. The van der Waals surface area contributed by atoms with Crippen LogP contribution in [0, 0.1) is 11.8 Å². The van der Waals surface area contributed by atoms with E-state index in [1.54, 1.807) is 0 Å². The summed E-state index contributed by atoms with van der Waals surface area (Å²) in [5.74, 6) is 1.86. The molecular formula is C16H23BrClN. The average molecular weight is 345 g/mol. The summed E-state index contributed by atoms with van der Waals surface area (Å²) in [6.07, 6.45) is 7.00. The Morgan fingerprint density at radius 3 is 2.53 bits per heavy atom. The minimum Gasteiger partial charge on any atom is -0.312 e. The van der Waals surface area contributed by atoms with Crippen molar-refractivity contribution in [3.05, 3.63) is 33.3 Å². The third-order valence-corrected chi connectivity index (χ3v) is 5.52. The molecule has 1 nitrogen and oxygen atoms in total. The zero-order chi connectivity index (χ0) is 13.7. The molecule has 0 amide bonds. The lowest BCUT2D eigenvalue weighted by molar-refractivity contribution is 0.262. The van der Waals surface area contributed by atoms with Gasteiger partial charge in [0.15, 0.2) is 0 Å². The molecule has 0 saturated heterocycles. The quantitative estimate of drug-likeness (QED) is 0.753. The fourth-order valence-corrected chi connectivity index (χ4v) is 3.36. The van der Waals surface area contributed by atoms with E-state index in [1.807, 2.05) is 12.1 Å². The summed E-state index contributed by atoms with van der Waals surface area (Å²) in [6, 6.07) is 6.18. The van der Waals surface area contributed by atoms with Crippen molar-refractivity contribution in [3.63, 3.8) is 0 Å². The summed E-state index contributed by atoms with van der Waals surface area (Å²) in [4.78, 5) is 0. The minimum atomic E-state index is 0.794. The molecule has 2 rings (SSSR count). The Bertz CT molecular complexity index is 400. The molecule has 0 aromatic heterocycles. The third-order valence-electron chi connectivity index (χ3n) is 4.29. The van der Waals surface area contributed by atoms with Crippen LogP contribution in [0.5, 0.6) is 0 Å². The van der Waals surface area contributed by atoms with Crippen molar-refractivity contribution < 1.29 is 0 Å². The van der Waals surface area contributed by atoms with Gasteiger partial charge in [-0.05, 0) is 64.8 Å². The van der Waals surface area contributed by atoms with Gasteiger partial charge in [-0.1, -0.05) is 43.9 Å². The highest BCUT2D eigenvalue weighted by molar-refractivity contribution is 9.10. The van der Waals surface area contributed by atoms with Gasteiger partial charge in [0.1, 0.15) is 0 Å². The number of rotatable bonds is 5. The molecule has 1 aromatic carbocycles. The van der Waals surface area contributed by atoms with Crippen molar-refractivity contribution in [3.8, 4) is 0 Å². The third kappa shape index (κ3) is 4.77. The summed E-state index contributed by atoms with van der Waals surface area (Å²) in [7, 11) is 0. The van der Waals surface area contributed by atoms with Gasteiger partial charge in [-0.2, -0.15) is 0 Å². The largest absolute Gasteiger partial charge is 0.312 e. The van der Waals surface area contributed by atoms with Gasteiger partial charge >= 0.3 is 0 Å². The van der Waals surface area contributed by atoms with Crippen LogP contribution < -0.4 is 5.32 Å². The smallest absolute Gasteiger partial charge is 0.0551 e. The van der Waals surface area contributed by atoms with E-state index in [-0.39, 0.29) is 0 Å². The zero-order valence-corrected chi connectivity index (χ0v) is 13.9. The Kier molecular flexibility index (Phi) is 6.18. The standard InChI is InChI=1S/C16H23BrClN/c1-2-12-3-5-13(6-4-12)10-19-11-14-7-8-15(17)16(18)9-14/h7-9,12-13,19H,2-6,10-11H2,1H3. The van der Waals surface area contributed by atoms with Gasteiger partial charge < -0.3 is 5.32 Å². The van der Waals surface area contributed by atoms with Gasteiger partial charge in [-0.3, -0.25) is 0 Å². The van der Waals surface area contributed by atoms with Gasteiger partial charge in [0.2, 0.25) is 0 Å². The number of benzene rings is 1. The fraction of sp³-hybridized carbons (Fsp3) is 0.625. The molecule has 1 aliphatic carbocycles. The van der Waals surface area contributed by atoms with Crippen LogP contribution in [-0.2, 0) is 6.54 Å². The van der Waals surface area contributed by atoms with Crippen LogP contribution in [0.1, 0.15) is 44.6 Å². The van der Waals surface area contributed by atoms with Crippen LogP contribution in [0.2, 0.25) is 5.02 Å². The first kappa shape index (κ1) is 15.3. The highest BCUT2D eigenvalue weighted by atomic mass is 79.9. The highest BCUT2D eigenvalue weighted by Crippen LogP contribution is 2.30. The van der Waals surface area contributed by atoms with Crippen molar-refractivity contribution in [2.24, 2.45) is 11.8 Å². The summed E-state index contributed by atoms with van der Waals surface area (Å²) >= 11 is 9.52. The molecular weight excluding hydrogens is 322 g/mol. The van der Waals surface area contributed by atoms with E-state index in [4.69, 9.17) is 11.6 Å². The maximum absolute atomic E-state index is 6.10. The second-order valence-corrected chi connectivity index (χ2v) is 6.94. The predicted molar refractivity (Wildman–Crippen MR) is 86.6 cm³/mol. The molecule has 1 fully saturated rings. The Labute approximate surface area is 130 Å². The normalized spacial score (nSPS) is 23.5. The number of halogens is 2. The molecule has 1 aromatic rings. The van der Waals surface area contributed by atoms with E-state index < -0.39 is 0 Å². The first-order valence-corrected chi connectivity index (χ1v) is 8.50. The van der Waals surface area contributed by atoms with Crippen LogP contribution in [-0.4, -0.2) is 6.54 Å². The minimum absolute atomic E-state index is 0.794. The lowest BCUT2D eigenvalue weighted by atomic mass is 9.81. The SMILES string of the molecule is CCC1CCC(CNCc2ccc(Br)c(Cl)c2)CC1. The van der Waals surface area contributed by atoms with E-state index in [0.717, 1.165) is 34.4 Å². The molecule has 0 spiro atoms. The molecule has 1 N–H and O–H groups in total. The van der Waals surface area contributed by atoms with Crippen LogP contribution >= 0.6 is 27.5 Å². The molecule has 3 heteroatoms. The van der Waals surface area contributed by atoms with Crippen molar-refractivity contribution in [2.45, 2.75) is 45.6 Å². The van der Waals surface area contributed by atoms with Crippen molar-refractivity contribution in [1.29, 1.82) is 0 Å². The lowest BCUT2D eigenvalue weighted by Crippen LogP contribution is -2.26. The molecule has 0 aliphatic heterocycles. The van der Waals surface area contributed by atoms with Gasteiger partial charge in [-0.15, -0.1) is 0 Å². The van der Waals surface area contributed by atoms with E-state index in [9.17, 15) is 0 Å². The van der Waals surface area contributed by atoms with E-state index >= 15 is 0 Å². The maximum Gasteiger partial charge on any atom is 0.0551 e. The number of nitrogens with one attached hydrogen (secondary N) is 1. The molecule has 19 heavy (non-hydrogen) atoms. The summed E-state index contributed by atoms with van der Waals surface area (Å²) in [5, 5.41) is 4.37. The van der Waals surface area contributed by atoms with E-state index in [0.29, 0.717) is 0 Å². The van der Waals surface area contributed by atoms with Crippen molar-refractivity contribution >= 4 is 27.5 Å². The van der Waals surface area contributed by atoms with Gasteiger partial charge in [0.05, 0.1) is 5.02 Å². The first-order valence-electron chi connectivity index (χ1n) is 7.33. The summed E-state index contributed by atoms with van der Waals surface area (Å²) in [5.41, 5.74) is 1.26. The van der Waals surface area contributed by atoms with E-state index in [2.05, 4.69) is 34.2 Å². The molecule has 0 atom stereocenters. The second-order valence-electron chi connectivity index (χ2n) is 5.67. The molecule has 1 aliphatic rings. The zero-order valence-electron chi connectivity index (χ0n) is 11.6. The highest BCUT2D eigenvalue weighted by Gasteiger charge is 2.19. The predicted octanol–water partition coefficient (Wildman–Crippen LogP) is 5.41. The fourth-order valence-electron chi connectivity index (χ4n) is 2.91. The molecule has 0 bridgehead atoms. The molecule has 0 radical (unpaired) electrons. The first-order chi connectivity index (χ1) is 9.19. The van der Waals surface area contributed by atoms with Gasteiger partial charge in [-0.25, -0.2) is 0 Å². The number of hydrogen-bond donors (Lipinski definition) is 1.